The molecule has 0 amide bonds. The third-order valence-electron chi connectivity index (χ3n) is 4.49. The molecule has 2 aromatic rings. The minimum atomic E-state index is 0.0656. The van der Waals surface area contributed by atoms with Crippen LogP contribution in [0.3, 0.4) is 0 Å². The number of amidine groups is 1. The fourth-order valence-corrected chi connectivity index (χ4v) is 4.22. The summed E-state index contributed by atoms with van der Waals surface area (Å²) in [6.07, 6.45) is 2.18. The summed E-state index contributed by atoms with van der Waals surface area (Å²) < 4.78 is 10.8. The molecule has 2 aromatic carbocycles. The summed E-state index contributed by atoms with van der Waals surface area (Å²) >= 11 is 1.59. The number of guanidine groups is 1. The topological polar surface area (TPSA) is 81.2 Å². The van der Waals surface area contributed by atoms with Gasteiger partial charge >= 0.3 is 0 Å². The molecule has 27 heavy (non-hydrogen) atoms. The van der Waals surface area contributed by atoms with Crippen molar-refractivity contribution < 1.29 is 9.47 Å². The third-order valence-corrected chi connectivity index (χ3v) is 5.47. The van der Waals surface area contributed by atoms with Gasteiger partial charge in [0.15, 0.2) is 11.1 Å². The van der Waals surface area contributed by atoms with Crippen LogP contribution in [0.4, 0.5) is 0 Å². The van der Waals surface area contributed by atoms with Crippen molar-refractivity contribution in [2.45, 2.75) is 12.6 Å². The Balaban J connectivity index is 1.47. The summed E-state index contributed by atoms with van der Waals surface area (Å²) in [6, 6.07) is 14.0. The highest BCUT2D eigenvalue weighted by atomic mass is 32.2. The number of ether oxygens (including phenoxy) is 2. The molecule has 0 spiro atoms. The number of hydrogen-bond acceptors (Lipinski definition) is 5. The van der Waals surface area contributed by atoms with E-state index in [0.29, 0.717) is 12.5 Å². The minimum Gasteiger partial charge on any atom is -0.496 e. The van der Waals surface area contributed by atoms with Gasteiger partial charge < -0.3 is 20.5 Å². The van der Waals surface area contributed by atoms with Gasteiger partial charge in [-0.2, -0.15) is 0 Å². The Labute approximate surface area is 162 Å². The molecule has 1 aliphatic carbocycles. The van der Waals surface area contributed by atoms with Gasteiger partial charge in [0.2, 0.25) is 0 Å². The third kappa shape index (κ3) is 3.38. The second kappa shape index (κ2) is 7.36. The van der Waals surface area contributed by atoms with Gasteiger partial charge in [-0.1, -0.05) is 42.1 Å². The molecule has 1 heterocycles. The molecular weight excluding hydrogens is 360 g/mol. The fraction of sp³-hybridized carbons (Fsp3) is 0.200. The molecule has 0 bridgehead atoms. The van der Waals surface area contributed by atoms with Crippen molar-refractivity contribution in [3.63, 3.8) is 0 Å². The van der Waals surface area contributed by atoms with Gasteiger partial charge in [0.25, 0.3) is 0 Å². The number of nitrogens with one attached hydrogen (secondary N) is 1. The van der Waals surface area contributed by atoms with Gasteiger partial charge in [-0.05, 0) is 29.3 Å². The summed E-state index contributed by atoms with van der Waals surface area (Å²) in [5.41, 5.74) is 9.38. The Kier molecular flexibility index (Phi) is 4.77. The first-order chi connectivity index (χ1) is 13.2. The van der Waals surface area contributed by atoms with Crippen molar-refractivity contribution in [2.24, 2.45) is 15.7 Å². The van der Waals surface area contributed by atoms with E-state index in [0.717, 1.165) is 22.2 Å². The number of hydrogen-bond donors (Lipinski definition) is 2. The molecule has 0 radical (unpaired) electrons. The number of thioether (sulfide) groups is 1. The lowest BCUT2D eigenvalue weighted by Gasteiger charge is -2.11. The summed E-state index contributed by atoms with van der Waals surface area (Å²) in [7, 11) is 3.25. The standard InChI is InChI=1S/C20H20N4O2S/c1-25-15-8-5-9-16(26-2)14(15)11-22-19(21)24-20-23-18-13-7-4-3-6-12(13)10-17(18)27-20/h3-10,18H,11H2,1-2H3,(H3,21,22,23,24). The highest BCUT2D eigenvalue weighted by Crippen LogP contribution is 2.47. The van der Waals surface area contributed by atoms with E-state index in [9.17, 15) is 0 Å². The van der Waals surface area contributed by atoms with E-state index in [1.165, 1.54) is 16.0 Å². The molecule has 2 aliphatic rings. The predicted molar refractivity (Wildman–Crippen MR) is 110 cm³/mol. The molecule has 1 unspecified atom stereocenters. The highest BCUT2D eigenvalue weighted by Gasteiger charge is 2.31. The van der Waals surface area contributed by atoms with E-state index < -0.39 is 0 Å². The zero-order valence-electron chi connectivity index (χ0n) is 15.1. The monoisotopic (exact) mass is 380 g/mol. The van der Waals surface area contributed by atoms with E-state index in [-0.39, 0.29) is 6.04 Å². The van der Waals surface area contributed by atoms with Crippen LogP contribution in [0.15, 0.2) is 57.4 Å². The lowest BCUT2D eigenvalue weighted by Crippen LogP contribution is -2.34. The molecule has 0 fully saturated rings. The van der Waals surface area contributed by atoms with Gasteiger partial charge in [0.05, 0.1) is 26.3 Å². The summed E-state index contributed by atoms with van der Waals surface area (Å²) in [6.45, 7) is 0.346. The van der Waals surface area contributed by atoms with Gasteiger partial charge in [-0.15, -0.1) is 0 Å². The Morgan fingerprint density at radius 3 is 2.63 bits per heavy atom. The van der Waals surface area contributed by atoms with Crippen molar-refractivity contribution in [1.29, 1.82) is 0 Å². The molecule has 7 heteroatoms. The van der Waals surface area contributed by atoms with E-state index in [1.54, 1.807) is 26.0 Å². The summed E-state index contributed by atoms with van der Waals surface area (Å²) in [4.78, 5) is 10.4. The fourth-order valence-electron chi connectivity index (χ4n) is 3.21. The number of rotatable bonds is 4. The second-order valence-electron chi connectivity index (χ2n) is 6.08. The maximum atomic E-state index is 6.07. The highest BCUT2D eigenvalue weighted by molar-refractivity contribution is 8.17. The van der Waals surface area contributed by atoms with Crippen LogP contribution >= 0.6 is 11.8 Å². The number of aliphatic imine (C=N–C) groups is 2. The second-order valence-corrected chi connectivity index (χ2v) is 7.14. The van der Waals surface area contributed by atoms with Crippen LogP contribution in [0.25, 0.3) is 6.08 Å². The van der Waals surface area contributed by atoms with E-state index in [4.69, 9.17) is 20.2 Å². The van der Waals surface area contributed by atoms with Gasteiger partial charge in [-0.25, -0.2) is 9.98 Å². The SMILES string of the molecule is COc1cccc(OC)c1CN=C(N)NC1=NC2C(=Cc3ccccc32)S1. The van der Waals surface area contributed by atoms with Crippen LogP contribution in [-0.4, -0.2) is 25.3 Å². The Morgan fingerprint density at radius 1 is 1.15 bits per heavy atom. The van der Waals surface area contributed by atoms with Crippen LogP contribution in [0.2, 0.25) is 0 Å². The first-order valence-corrected chi connectivity index (χ1v) is 9.34. The minimum absolute atomic E-state index is 0.0656. The van der Waals surface area contributed by atoms with Crippen molar-refractivity contribution in [1.82, 2.24) is 5.32 Å². The molecule has 6 nitrogen and oxygen atoms in total. The average Bonchev–Trinajstić information content (AvgIpc) is 3.23. The number of nitrogens with zero attached hydrogens (tertiary/aromatic N) is 2. The number of fused-ring (bicyclic) bond motifs is 3. The largest absolute Gasteiger partial charge is 0.496 e. The van der Waals surface area contributed by atoms with E-state index in [1.807, 2.05) is 30.3 Å². The average molecular weight is 380 g/mol. The van der Waals surface area contributed by atoms with Gasteiger partial charge in [0.1, 0.15) is 17.5 Å². The predicted octanol–water partition coefficient (Wildman–Crippen LogP) is 3.31. The first kappa shape index (κ1) is 17.5. The normalized spacial score (nSPS) is 17.7. The first-order valence-electron chi connectivity index (χ1n) is 8.52. The molecule has 0 saturated carbocycles. The Hall–Kier alpha value is -2.93. The number of methoxy groups -OCH3 is 2. The lowest BCUT2D eigenvalue weighted by atomic mass is 10.1. The molecule has 4 rings (SSSR count). The summed E-state index contributed by atoms with van der Waals surface area (Å²) in [5, 5.41) is 3.86. The van der Waals surface area contributed by atoms with Crippen LogP contribution in [-0.2, 0) is 6.54 Å². The van der Waals surface area contributed by atoms with Crippen molar-refractivity contribution in [3.05, 3.63) is 64.1 Å². The molecule has 0 aromatic heterocycles. The van der Waals surface area contributed by atoms with Crippen LogP contribution in [0.5, 0.6) is 11.5 Å². The van der Waals surface area contributed by atoms with E-state index >= 15 is 0 Å². The van der Waals surface area contributed by atoms with Crippen molar-refractivity contribution in [3.8, 4) is 11.5 Å². The molecule has 138 valence electrons. The molecule has 3 N–H and O–H groups in total. The Morgan fingerprint density at radius 2 is 1.89 bits per heavy atom. The molecular formula is C20H20N4O2S. The zero-order valence-corrected chi connectivity index (χ0v) is 15.9. The molecule has 1 atom stereocenters. The molecule has 1 aliphatic heterocycles. The quantitative estimate of drug-likeness (QED) is 0.628. The van der Waals surface area contributed by atoms with Crippen LogP contribution in [0, 0.1) is 0 Å². The maximum Gasteiger partial charge on any atom is 0.195 e. The van der Waals surface area contributed by atoms with Gasteiger partial charge in [0, 0.05) is 4.91 Å². The van der Waals surface area contributed by atoms with Gasteiger partial charge in [-0.3, -0.25) is 0 Å². The smallest absolute Gasteiger partial charge is 0.195 e. The lowest BCUT2D eigenvalue weighted by molar-refractivity contribution is 0.385. The van der Waals surface area contributed by atoms with E-state index in [2.05, 4.69) is 28.5 Å². The van der Waals surface area contributed by atoms with Crippen LogP contribution in [0.1, 0.15) is 22.7 Å². The maximum absolute atomic E-state index is 6.07. The zero-order chi connectivity index (χ0) is 18.8. The van der Waals surface area contributed by atoms with Crippen LogP contribution < -0.4 is 20.5 Å². The molecule has 0 saturated heterocycles. The number of benzene rings is 2. The van der Waals surface area contributed by atoms with Crippen molar-refractivity contribution >= 4 is 29.0 Å². The van der Waals surface area contributed by atoms with Crippen molar-refractivity contribution in [2.75, 3.05) is 14.2 Å². The number of nitrogens with two attached hydrogens (primary N) is 1. The summed E-state index contributed by atoms with van der Waals surface area (Å²) in [5.74, 6) is 1.74. The Bertz CT molecular complexity index is 946.